The largest absolute Gasteiger partial charge is 0.331 e. The number of aryl methyl sites for hydroxylation is 1. The highest BCUT2D eigenvalue weighted by atomic mass is 32.2. The molecule has 0 saturated carbocycles. The second-order valence-electron chi connectivity index (χ2n) is 5.15. The van der Waals surface area contributed by atoms with Crippen LogP contribution in [0.5, 0.6) is 0 Å². The lowest BCUT2D eigenvalue weighted by Gasteiger charge is -2.11. The van der Waals surface area contributed by atoms with Crippen molar-refractivity contribution in [2.45, 2.75) is 31.2 Å². The Hall–Kier alpha value is -1.40. The molecule has 6 heteroatoms. The third kappa shape index (κ3) is 2.86. The number of fused-ring (bicyclic) bond motifs is 1. The highest BCUT2D eigenvalue weighted by Gasteiger charge is 2.18. The van der Waals surface area contributed by atoms with E-state index in [1.807, 2.05) is 17.7 Å². The fraction of sp³-hybridized carbons (Fsp3) is 0.500. The van der Waals surface area contributed by atoms with Crippen LogP contribution in [0.1, 0.15) is 19.7 Å². The number of nitrogens with one attached hydrogen (secondary N) is 1. The predicted octanol–water partition coefficient (Wildman–Crippen LogP) is 1.52. The van der Waals surface area contributed by atoms with Crippen LogP contribution in [-0.4, -0.2) is 36.8 Å². The minimum absolute atomic E-state index is 0.299. The van der Waals surface area contributed by atoms with Crippen LogP contribution in [0.15, 0.2) is 23.1 Å². The van der Waals surface area contributed by atoms with Crippen molar-refractivity contribution in [3.63, 3.8) is 0 Å². The maximum Gasteiger partial charge on any atom is 0.177 e. The van der Waals surface area contributed by atoms with Gasteiger partial charge in [-0.1, -0.05) is 13.0 Å². The van der Waals surface area contributed by atoms with Gasteiger partial charge in [0, 0.05) is 25.8 Å². The fourth-order valence-electron chi connectivity index (χ4n) is 2.41. The van der Waals surface area contributed by atoms with Crippen LogP contribution in [-0.2, 0) is 23.3 Å². The standard InChI is InChI=1S/C14H21N3O2S/c1-5-15-10(2)9-13-16-14-11(17(13)3)7-6-8-12(14)20(4,18)19/h6-8,10,15H,5,9H2,1-4H3. The van der Waals surface area contributed by atoms with Crippen molar-refractivity contribution in [2.24, 2.45) is 7.05 Å². The molecule has 5 nitrogen and oxygen atoms in total. The van der Waals surface area contributed by atoms with E-state index in [2.05, 4.69) is 24.1 Å². The molecule has 0 saturated heterocycles. The lowest BCUT2D eigenvalue weighted by Crippen LogP contribution is -2.28. The van der Waals surface area contributed by atoms with Crippen LogP contribution in [0, 0.1) is 0 Å². The number of aromatic nitrogens is 2. The summed E-state index contributed by atoms with van der Waals surface area (Å²) in [5.74, 6) is 0.893. The lowest BCUT2D eigenvalue weighted by molar-refractivity contribution is 0.545. The van der Waals surface area contributed by atoms with Crippen LogP contribution in [0.2, 0.25) is 0 Å². The van der Waals surface area contributed by atoms with Gasteiger partial charge in [-0.25, -0.2) is 13.4 Å². The molecule has 1 aromatic heterocycles. The van der Waals surface area contributed by atoms with Gasteiger partial charge in [-0.15, -0.1) is 0 Å². The fourth-order valence-corrected chi connectivity index (χ4v) is 3.24. The van der Waals surface area contributed by atoms with Gasteiger partial charge in [-0.2, -0.15) is 0 Å². The molecule has 1 aromatic carbocycles. The summed E-state index contributed by atoms with van der Waals surface area (Å²) in [7, 11) is -1.34. The van der Waals surface area contributed by atoms with Crippen LogP contribution >= 0.6 is 0 Å². The molecule has 20 heavy (non-hydrogen) atoms. The number of nitrogens with zero attached hydrogens (tertiary/aromatic N) is 2. The first-order valence-electron chi connectivity index (χ1n) is 6.72. The molecule has 1 N–H and O–H groups in total. The molecule has 2 aromatic rings. The summed E-state index contributed by atoms with van der Waals surface area (Å²) in [6, 6.07) is 5.58. The highest BCUT2D eigenvalue weighted by Crippen LogP contribution is 2.23. The second-order valence-corrected chi connectivity index (χ2v) is 7.13. The van der Waals surface area contributed by atoms with Crippen molar-refractivity contribution in [1.82, 2.24) is 14.9 Å². The highest BCUT2D eigenvalue weighted by molar-refractivity contribution is 7.91. The Labute approximate surface area is 119 Å². The molecule has 2 rings (SSSR count). The van der Waals surface area contributed by atoms with Crippen LogP contribution < -0.4 is 5.32 Å². The van der Waals surface area contributed by atoms with E-state index in [0.717, 1.165) is 24.3 Å². The molecule has 1 unspecified atom stereocenters. The Morgan fingerprint density at radius 1 is 1.40 bits per heavy atom. The van der Waals surface area contributed by atoms with Gasteiger partial charge < -0.3 is 9.88 Å². The van der Waals surface area contributed by atoms with E-state index in [1.54, 1.807) is 12.1 Å². The van der Waals surface area contributed by atoms with Gasteiger partial charge in [0.2, 0.25) is 0 Å². The summed E-state index contributed by atoms with van der Waals surface area (Å²) in [6.07, 6.45) is 1.99. The lowest BCUT2D eigenvalue weighted by atomic mass is 10.2. The van der Waals surface area contributed by atoms with Crippen molar-refractivity contribution in [2.75, 3.05) is 12.8 Å². The topological polar surface area (TPSA) is 64.0 Å². The van der Waals surface area contributed by atoms with E-state index in [1.165, 1.54) is 6.26 Å². The molecule has 110 valence electrons. The Kier molecular flexibility index (Phi) is 4.15. The van der Waals surface area contributed by atoms with Gasteiger partial charge in [0.15, 0.2) is 9.84 Å². The molecule has 0 fully saturated rings. The van der Waals surface area contributed by atoms with E-state index in [-0.39, 0.29) is 0 Å². The summed E-state index contributed by atoms with van der Waals surface area (Å²) >= 11 is 0. The monoisotopic (exact) mass is 295 g/mol. The van der Waals surface area contributed by atoms with Crippen molar-refractivity contribution in [3.8, 4) is 0 Å². The van der Waals surface area contributed by atoms with Gasteiger partial charge in [0.25, 0.3) is 0 Å². The first kappa shape index (κ1) is 15.0. The summed E-state index contributed by atoms with van der Waals surface area (Å²) in [5, 5.41) is 3.34. The van der Waals surface area contributed by atoms with Gasteiger partial charge in [-0.3, -0.25) is 0 Å². The van der Waals surface area contributed by atoms with Crippen molar-refractivity contribution < 1.29 is 8.42 Å². The van der Waals surface area contributed by atoms with E-state index < -0.39 is 9.84 Å². The molecule has 0 aliphatic heterocycles. The minimum Gasteiger partial charge on any atom is -0.331 e. The maximum atomic E-state index is 11.8. The smallest absolute Gasteiger partial charge is 0.177 e. The van der Waals surface area contributed by atoms with Gasteiger partial charge in [-0.05, 0) is 25.6 Å². The molecule has 1 heterocycles. The normalized spacial score (nSPS) is 13.8. The zero-order valence-electron chi connectivity index (χ0n) is 12.3. The molecule has 0 aliphatic rings. The first-order valence-corrected chi connectivity index (χ1v) is 8.61. The number of para-hydroxylation sites is 1. The van der Waals surface area contributed by atoms with E-state index in [9.17, 15) is 8.42 Å². The zero-order valence-corrected chi connectivity index (χ0v) is 13.2. The molecular weight excluding hydrogens is 274 g/mol. The molecule has 0 amide bonds. The van der Waals surface area contributed by atoms with E-state index in [0.29, 0.717) is 16.5 Å². The Morgan fingerprint density at radius 3 is 2.70 bits per heavy atom. The van der Waals surface area contributed by atoms with Crippen LogP contribution in [0.25, 0.3) is 11.0 Å². The summed E-state index contributed by atoms with van der Waals surface area (Å²) in [4.78, 5) is 4.84. The Balaban J connectivity index is 2.52. The second kappa shape index (κ2) is 5.54. The third-order valence-electron chi connectivity index (χ3n) is 3.41. The van der Waals surface area contributed by atoms with Crippen molar-refractivity contribution in [1.29, 1.82) is 0 Å². The Bertz CT molecular complexity index is 719. The number of imidazole rings is 1. The van der Waals surface area contributed by atoms with Crippen molar-refractivity contribution in [3.05, 3.63) is 24.0 Å². The van der Waals surface area contributed by atoms with Crippen LogP contribution in [0.4, 0.5) is 0 Å². The summed E-state index contributed by atoms with van der Waals surface area (Å²) in [6.45, 7) is 5.06. The molecule has 1 atom stereocenters. The van der Waals surface area contributed by atoms with E-state index in [4.69, 9.17) is 0 Å². The Morgan fingerprint density at radius 2 is 2.10 bits per heavy atom. The SMILES string of the molecule is CCNC(C)Cc1nc2c(S(C)(=O)=O)cccc2n1C. The number of hydrogen-bond donors (Lipinski definition) is 1. The van der Waals surface area contributed by atoms with Gasteiger partial charge in [0.1, 0.15) is 11.3 Å². The van der Waals surface area contributed by atoms with Gasteiger partial charge >= 0.3 is 0 Å². The first-order chi connectivity index (χ1) is 9.34. The minimum atomic E-state index is -3.26. The molecule has 0 bridgehead atoms. The number of hydrogen-bond acceptors (Lipinski definition) is 4. The molecule has 0 radical (unpaired) electrons. The summed E-state index contributed by atoms with van der Waals surface area (Å²) < 4.78 is 25.6. The molecule has 0 aliphatic carbocycles. The number of benzene rings is 1. The maximum absolute atomic E-state index is 11.8. The van der Waals surface area contributed by atoms with Crippen molar-refractivity contribution >= 4 is 20.9 Å². The predicted molar refractivity (Wildman–Crippen MR) is 80.7 cm³/mol. The third-order valence-corrected chi connectivity index (χ3v) is 4.54. The number of rotatable bonds is 5. The number of likely N-dealkylation sites (N-methyl/N-ethyl adjacent to an activating group) is 1. The summed E-state index contributed by atoms with van der Waals surface area (Å²) in [5.41, 5.74) is 1.42. The van der Waals surface area contributed by atoms with E-state index >= 15 is 0 Å². The number of sulfone groups is 1. The van der Waals surface area contributed by atoms with Crippen LogP contribution in [0.3, 0.4) is 0 Å². The zero-order chi connectivity index (χ0) is 14.9. The molecule has 0 spiro atoms. The quantitative estimate of drug-likeness (QED) is 0.908. The van der Waals surface area contributed by atoms with Gasteiger partial charge in [0.05, 0.1) is 10.4 Å². The molecular formula is C14H21N3O2S. The average molecular weight is 295 g/mol. The average Bonchev–Trinajstić information content (AvgIpc) is 2.65.